The van der Waals surface area contributed by atoms with Gasteiger partial charge in [-0.25, -0.2) is 0 Å². The van der Waals surface area contributed by atoms with Gasteiger partial charge in [0.05, 0.1) is 0 Å². The van der Waals surface area contributed by atoms with Crippen LogP contribution in [0.15, 0.2) is 48.7 Å². The van der Waals surface area contributed by atoms with E-state index in [1.54, 1.807) is 6.07 Å². The maximum absolute atomic E-state index is 8.95. The summed E-state index contributed by atoms with van der Waals surface area (Å²) in [6.45, 7) is 0.681. The monoisotopic (exact) mass is 356 g/mol. The average molecular weight is 357 g/mol. The number of halogens is 2. The highest BCUT2D eigenvalue weighted by Crippen LogP contribution is 2.09. The molecule has 1 aromatic carbocycles. The summed E-state index contributed by atoms with van der Waals surface area (Å²) in [5, 5.41) is 9.67. The molecule has 0 spiro atoms. The lowest BCUT2D eigenvalue weighted by molar-refractivity contribution is -0.690. The van der Waals surface area contributed by atoms with Crippen molar-refractivity contribution in [2.75, 3.05) is 0 Å². The zero-order chi connectivity index (χ0) is 11.4. The maximum Gasteiger partial charge on any atom is 0.283 e. The van der Waals surface area contributed by atoms with Crippen LogP contribution in [0.2, 0.25) is 5.02 Å². The smallest absolute Gasteiger partial charge is 0.283 e. The SMILES string of the molecule is N#Cc1cccc[n+]1Cc1ccc(Cl)cc1.[I-]. The second-order valence-electron chi connectivity index (χ2n) is 3.45. The molecule has 1 heterocycles. The van der Waals surface area contributed by atoms with E-state index in [4.69, 9.17) is 16.9 Å². The summed E-state index contributed by atoms with van der Waals surface area (Å²) in [5.41, 5.74) is 1.77. The van der Waals surface area contributed by atoms with Gasteiger partial charge in [-0.15, -0.1) is 0 Å². The van der Waals surface area contributed by atoms with Crippen molar-refractivity contribution < 1.29 is 28.5 Å². The molecular formula is C13H10ClIN2. The van der Waals surface area contributed by atoms with Crippen LogP contribution in [0.5, 0.6) is 0 Å². The molecule has 0 saturated carbocycles. The topological polar surface area (TPSA) is 27.7 Å². The van der Waals surface area contributed by atoms with Crippen LogP contribution in [0.1, 0.15) is 11.3 Å². The van der Waals surface area contributed by atoms with Gasteiger partial charge in [0.1, 0.15) is 0 Å². The van der Waals surface area contributed by atoms with Gasteiger partial charge in [0, 0.05) is 22.7 Å². The Morgan fingerprint density at radius 2 is 1.82 bits per heavy atom. The van der Waals surface area contributed by atoms with E-state index >= 15 is 0 Å². The Kier molecular flexibility index (Phi) is 5.39. The molecule has 86 valence electrons. The number of aromatic nitrogens is 1. The summed E-state index contributed by atoms with van der Waals surface area (Å²) < 4.78 is 1.91. The van der Waals surface area contributed by atoms with Gasteiger partial charge in [0.15, 0.2) is 18.8 Å². The van der Waals surface area contributed by atoms with Gasteiger partial charge in [-0.2, -0.15) is 9.83 Å². The van der Waals surface area contributed by atoms with E-state index < -0.39 is 0 Å². The number of hydrogen-bond acceptors (Lipinski definition) is 1. The minimum Gasteiger partial charge on any atom is -1.00 e. The number of hydrogen-bond donors (Lipinski definition) is 0. The fourth-order valence-electron chi connectivity index (χ4n) is 1.50. The Balaban J connectivity index is 0.00000144. The van der Waals surface area contributed by atoms with Crippen molar-refractivity contribution in [2.45, 2.75) is 6.54 Å². The summed E-state index contributed by atoms with van der Waals surface area (Å²) in [7, 11) is 0. The Hall–Kier alpha value is -1.12. The van der Waals surface area contributed by atoms with Crippen molar-refractivity contribution in [2.24, 2.45) is 0 Å². The molecule has 0 aliphatic carbocycles. The van der Waals surface area contributed by atoms with Crippen molar-refractivity contribution in [3.8, 4) is 6.07 Å². The van der Waals surface area contributed by atoms with Crippen LogP contribution in [-0.4, -0.2) is 0 Å². The molecule has 1 aromatic heterocycles. The first-order chi connectivity index (χ1) is 7.79. The van der Waals surface area contributed by atoms with E-state index in [1.807, 2.05) is 47.2 Å². The zero-order valence-electron chi connectivity index (χ0n) is 8.98. The van der Waals surface area contributed by atoms with Gasteiger partial charge < -0.3 is 24.0 Å². The molecule has 0 amide bonds. The lowest BCUT2D eigenvalue weighted by Gasteiger charge is -1.99. The second kappa shape index (κ2) is 6.58. The molecule has 0 radical (unpaired) electrons. The Labute approximate surface area is 122 Å². The lowest BCUT2D eigenvalue weighted by atomic mass is 10.2. The second-order valence-corrected chi connectivity index (χ2v) is 3.89. The molecule has 0 unspecified atom stereocenters. The van der Waals surface area contributed by atoms with Crippen molar-refractivity contribution >= 4 is 11.6 Å². The van der Waals surface area contributed by atoms with Crippen LogP contribution in [0, 0.1) is 11.3 Å². The van der Waals surface area contributed by atoms with Crippen molar-refractivity contribution in [3.05, 3.63) is 64.9 Å². The predicted molar refractivity (Wildman–Crippen MR) is 61.9 cm³/mol. The summed E-state index contributed by atoms with van der Waals surface area (Å²) in [6.07, 6.45) is 1.90. The molecule has 2 rings (SSSR count). The molecule has 0 fully saturated rings. The third kappa shape index (κ3) is 3.69. The summed E-state index contributed by atoms with van der Waals surface area (Å²) in [4.78, 5) is 0. The summed E-state index contributed by atoms with van der Waals surface area (Å²) >= 11 is 5.81. The number of benzene rings is 1. The fraction of sp³-hybridized carbons (Fsp3) is 0.0769. The van der Waals surface area contributed by atoms with Gasteiger partial charge in [-0.3, -0.25) is 0 Å². The van der Waals surface area contributed by atoms with E-state index in [0.717, 1.165) is 10.6 Å². The van der Waals surface area contributed by atoms with Crippen molar-refractivity contribution in [1.29, 1.82) is 5.26 Å². The third-order valence-corrected chi connectivity index (χ3v) is 2.57. The molecule has 0 saturated heterocycles. The molecule has 4 heteroatoms. The lowest BCUT2D eigenvalue weighted by Crippen LogP contribution is -3.00. The molecule has 17 heavy (non-hydrogen) atoms. The van der Waals surface area contributed by atoms with E-state index in [-0.39, 0.29) is 24.0 Å². The van der Waals surface area contributed by atoms with Gasteiger partial charge in [-0.05, 0) is 18.2 Å². The third-order valence-electron chi connectivity index (χ3n) is 2.32. The van der Waals surface area contributed by atoms with Crippen molar-refractivity contribution in [1.82, 2.24) is 0 Å². The van der Waals surface area contributed by atoms with Crippen LogP contribution in [0.3, 0.4) is 0 Å². The number of nitriles is 1. The first-order valence-corrected chi connectivity index (χ1v) is 5.30. The molecule has 0 atom stereocenters. The van der Waals surface area contributed by atoms with Gasteiger partial charge >= 0.3 is 0 Å². The maximum atomic E-state index is 8.95. The van der Waals surface area contributed by atoms with Crippen LogP contribution in [0.4, 0.5) is 0 Å². The molecule has 2 aromatic rings. The van der Waals surface area contributed by atoms with E-state index in [1.165, 1.54) is 0 Å². The highest BCUT2D eigenvalue weighted by atomic mass is 127. The van der Waals surface area contributed by atoms with Crippen molar-refractivity contribution in [3.63, 3.8) is 0 Å². The largest absolute Gasteiger partial charge is 1.00 e. The zero-order valence-corrected chi connectivity index (χ0v) is 11.9. The average Bonchev–Trinajstić information content (AvgIpc) is 2.33. The number of nitrogens with zero attached hydrogens (tertiary/aromatic N) is 2. The fourth-order valence-corrected chi connectivity index (χ4v) is 1.63. The summed E-state index contributed by atoms with van der Waals surface area (Å²) in [6, 6.07) is 15.4. The normalized spacial score (nSPS) is 9.18. The molecule has 0 aliphatic rings. The van der Waals surface area contributed by atoms with E-state index in [0.29, 0.717) is 12.2 Å². The minimum absolute atomic E-state index is 0. The minimum atomic E-state index is 0. The Morgan fingerprint density at radius 3 is 2.47 bits per heavy atom. The van der Waals surface area contributed by atoms with E-state index in [2.05, 4.69) is 6.07 Å². The molecule has 0 bridgehead atoms. The number of rotatable bonds is 2. The molecule has 0 aliphatic heterocycles. The van der Waals surface area contributed by atoms with Crippen LogP contribution >= 0.6 is 11.6 Å². The van der Waals surface area contributed by atoms with Crippen LogP contribution in [0.25, 0.3) is 0 Å². The van der Waals surface area contributed by atoms with Gasteiger partial charge in [-0.1, -0.05) is 23.7 Å². The number of pyridine rings is 1. The van der Waals surface area contributed by atoms with Crippen LogP contribution < -0.4 is 28.5 Å². The van der Waals surface area contributed by atoms with Crippen LogP contribution in [-0.2, 0) is 6.54 Å². The predicted octanol–water partition coefficient (Wildman–Crippen LogP) is -0.449. The molecule has 0 N–H and O–H groups in total. The summed E-state index contributed by atoms with van der Waals surface area (Å²) in [5.74, 6) is 0. The highest BCUT2D eigenvalue weighted by Gasteiger charge is 2.08. The van der Waals surface area contributed by atoms with Gasteiger partial charge in [0.25, 0.3) is 5.69 Å². The molecule has 2 nitrogen and oxygen atoms in total. The first kappa shape index (κ1) is 13.9. The Morgan fingerprint density at radius 1 is 1.12 bits per heavy atom. The van der Waals surface area contributed by atoms with Gasteiger partial charge in [0.2, 0.25) is 0 Å². The highest BCUT2D eigenvalue weighted by molar-refractivity contribution is 6.30. The first-order valence-electron chi connectivity index (χ1n) is 4.92. The molecular weight excluding hydrogens is 347 g/mol. The Bertz CT molecular complexity index is 532. The van der Waals surface area contributed by atoms with E-state index in [9.17, 15) is 0 Å². The standard InChI is InChI=1S/C13H10ClN2.HI/c14-12-6-4-11(5-7-12)10-16-8-2-1-3-13(16)9-15;/h1-8H,10H2;1H/q+1;/p-1. The quantitative estimate of drug-likeness (QED) is 0.529.